The average Bonchev–Trinajstić information content (AvgIpc) is 2.43. The molecule has 0 fully saturated rings. The van der Waals surface area contributed by atoms with Gasteiger partial charge in [0, 0.05) is 19.1 Å². The molecule has 0 radical (unpaired) electrons. The van der Waals surface area contributed by atoms with Gasteiger partial charge in [0.1, 0.15) is 0 Å². The molecule has 1 unspecified atom stereocenters. The summed E-state index contributed by atoms with van der Waals surface area (Å²) in [6.45, 7) is 9.34. The number of hydrogen-bond donors (Lipinski definition) is 2. The predicted molar refractivity (Wildman–Crippen MR) is 83.5 cm³/mol. The SMILES string of the molecule is CCC(C)c1ccc(S(=O)(=O)NCCNC(C)C)cc1. The van der Waals surface area contributed by atoms with Crippen molar-refractivity contribution in [1.29, 1.82) is 0 Å². The first-order valence-corrected chi connectivity index (χ1v) is 8.68. The number of nitrogens with one attached hydrogen (secondary N) is 2. The molecule has 4 nitrogen and oxygen atoms in total. The van der Waals surface area contributed by atoms with Crippen LogP contribution in [0.2, 0.25) is 0 Å². The van der Waals surface area contributed by atoms with E-state index in [0.29, 0.717) is 29.9 Å². The summed E-state index contributed by atoms with van der Waals surface area (Å²) < 4.78 is 26.8. The van der Waals surface area contributed by atoms with Crippen molar-refractivity contribution in [2.24, 2.45) is 0 Å². The summed E-state index contributed by atoms with van der Waals surface area (Å²) in [5, 5.41) is 3.17. The van der Waals surface area contributed by atoms with Gasteiger partial charge in [0.25, 0.3) is 0 Å². The van der Waals surface area contributed by atoms with Gasteiger partial charge in [0.2, 0.25) is 10.0 Å². The maximum absolute atomic E-state index is 12.1. The van der Waals surface area contributed by atoms with Crippen LogP contribution in [0.1, 0.15) is 45.6 Å². The lowest BCUT2D eigenvalue weighted by Gasteiger charge is -2.12. The molecule has 0 aliphatic carbocycles. The van der Waals surface area contributed by atoms with Crippen LogP contribution < -0.4 is 10.0 Å². The predicted octanol–water partition coefficient (Wildman–Crippen LogP) is 2.48. The van der Waals surface area contributed by atoms with Gasteiger partial charge in [-0.15, -0.1) is 0 Å². The Morgan fingerprint density at radius 3 is 2.15 bits per heavy atom. The molecule has 0 heterocycles. The molecular weight excluding hydrogens is 272 g/mol. The molecule has 0 aromatic heterocycles. The van der Waals surface area contributed by atoms with Crippen LogP contribution in [-0.4, -0.2) is 27.5 Å². The summed E-state index contributed by atoms with van der Waals surface area (Å²) in [5.41, 5.74) is 1.17. The molecule has 1 aromatic carbocycles. The van der Waals surface area contributed by atoms with Crippen molar-refractivity contribution in [2.75, 3.05) is 13.1 Å². The summed E-state index contributed by atoms with van der Waals surface area (Å²) in [6.07, 6.45) is 1.05. The Kier molecular flexibility index (Phi) is 6.65. The van der Waals surface area contributed by atoms with Crippen molar-refractivity contribution in [3.05, 3.63) is 29.8 Å². The second-order valence-electron chi connectivity index (χ2n) is 5.38. The first kappa shape index (κ1) is 17.1. The quantitative estimate of drug-likeness (QED) is 0.725. The zero-order valence-electron chi connectivity index (χ0n) is 12.8. The molecule has 114 valence electrons. The lowest BCUT2D eigenvalue weighted by Crippen LogP contribution is -2.34. The highest BCUT2D eigenvalue weighted by Gasteiger charge is 2.13. The standard InChI is InChI=1S/C15H26N2O2S/c1-5-13(4)14-6-8-15(9-7-14)20(18,19)17-11-10-16-12(2)3/h6-9,12-13,16-17H,5,10-11H2,1-4H3. The van der Waals surface area contributed by atoms with Gasteiger partial charge in [0.05, 0.1) is 4.90 Å². The Morgan fingerprint density at radius 2 is 1.65 bits per heavy atom. The van der Waals surface area contributed by atoms with E-state index < -0.39 is 10.0 Å². The largest absolute Gasteiger partial charge is 0.313 e. The Labute approximate surface area is 123 Å². The Balaban J connectivity index is 2.63. The van der Waals surface area contributed by atoms with E-state index in [1.807, 2.05) is 26.0 Å². The Bertz CT molecular complexity index is 495. The molecule has 0 bridgehead atoms. The number of sulfonamides is 1. The van der Waals surface area contributed by atoms with Crippen molar-refractivity contribution in [3.8, 4) is 0 Å². The maximum Gasteiger partial charge on any atom is 0.240 e. The van der Waals surface area contributed by atoms with Crippen LogP contribution in [0.25, 0.3) is 0 Å². The van der Waals surface area contributed by atoms with E-state index in [1.54, 1.807) is 12.1 Å². The molecule has 0 saturated heterocycles. The molecule has 1 atom stereocenters. The van der Waals surface area contributed by atoms with Crippen molar-refractivity contribution in [2.45, 2.75) is 51.0 Å². The highest BCUT2D eigenvalue weighted by molar-refractivity contribution is 7.89. The highest BCUT2D eigenvalue weighted by atomic mass is 32.2. The van der Waals surface area contributed by atoms with Gasteiger partial charge < -0.3 is 5.32 Å². The van der Waals surface area contributed by atoms with Gasteiger partial charge in [-0.25, -0.2) is 13.1 Å². The third-order valence-electron chi connectivity index (χ3n) is 3.34. The summed E-state index contributed by atoms with van der Waals surface area (Å²) >= 11 is 0. The summed E-state index contributed by atoms with van der Waals surface area (Å²) in [4.78, 5) is 0.328. The van der Waals surface area contributed by atoms with E-state index in [0.717, 1.165) is 6.42 Å². The minimum Gasteiger partial charge on any atom is -0.313 e. The molecule has 0 amide bonds. The third-order valence-corrected chi connectivity index (χ3v) is 4.82. The Hall–Kier alpha value is -0.910. The normalized spacial score (nSPS) is 13.7. The molecule has 1 aromatic rings. The van der Waals surface area contributed by atoms with Crippen LogP contribution in [0.5, 0.6) is 0 Å². The van der Waals surface area contributed by atoms with E-state index in [-0.39, 0.29) is 0 Å². The first-order chi connectivity index (χ1) is 9.36. The molecule has 0 aliphatic rings. The number of rotatable bonds is 8. The highest BCUT2D eigenvalue weighted by Crippen LogP contribution is 2.20. The van der Waals surface area contributed by atoms with E-state index in [4.69, 9.17) is 0 Å². The third kappa shape index (κ3) is 5.23. The van der Waals surface area contributed by atoms with E-state index >= 15 is 0 Å². The molecule has 0 aliphatic heterocycles. The van der Waals surface area contributed by atoms with Crippen LogP contribution in [0.15, 0.2) is 29.2 Å². The lowest BCUT2D eigenvalue weighted by atomic mass is 9.99. The van der Waals surface area contributed by atoms with Crippen LogP contribution in [0.4, 0.5) is 0 Å². The van der Waals surface area contributed by atoms with E-state index in [1.165, 1.54) is 5.56 Å². The maximum atomic E-state index is 12.1. The first-order valence-electron chi connectivity index (χ1n) is 7.19. The van der Waals surface area contributed by atoms with Gasteiger partial charge in [-0.05, 0) is 30.0 Å². The number of benzene rings is 1. The summed E-state index contributed by atoms with van der Waals surface area (Å²) in [7, 11) is -3.40. The van der Waals surface area contributed by atoms with Crippen molar-refractivity contribution in [3.63, 3.8) is 0 Å². The topological polar surface area (TPSA) is 58.2 Å². The second-order valence-corrected chi connectivity index (χ2v) is 7.15. The van der Waals surface area contributed by atoms with Gasteiger partial charge in [0.15, 0.2) is 0 Å². The fraction of sp³-hybridized carbons (Fsp3) is 0.600. The fourth-order valence-corrected chi connectivity index (χ4v) is 2.87. The van der Waals surface area contributed by atoms with Crippen LogP contribution in [-0.2, 0) is 10.0 Å². The minimum absolute atomic E-state index is 0.328. The van der Waals surface area contributed by atoms with Gasteiger partial charge >= 0.3 is 0 Å². The molecule has 0 saturated carbocycles. The van der Waals surface area contributed by atoms with Crippen LogP contribution >= 0.6 is 0 Å². The molecule has 0 spiro atoms. The number of hydrogen-bond acceptors (Lipinski definition) is 3. The summed E-state index contributed by atoms with van der Waals surface area (Å²) in [6, 6.07) is 7.51. The van der Waals surface area contributed by atoms with Crippen LogP contribution in [0, 0.1) is 0 Å². The van der Waals surface area contributed by atoms with E-state index in [9.17, 15) is 8.42 Å². The van der Waals surface area contributed by atoms with Gasteiger partial charge in [-0.1, -0.05) is 39.8 Å². The average molecular weight is 298 g/mol. The van der Waals surface area contributed by atoms with Crippen molar-refractivity contribution < 1.29 is 8.42 Å². The monoisotopic (exact) mass is 298 g/mol. The summed E-state index contributed by atoms with van der Waals surface area (Å²) in [5.74, 6) is 0.454. The fourth-order valence-electron chi connectivity index (χ4n) is 1.84. The van der Waals surface area contributed by atoms with E-state index in [2.05, 4.69) is 23.9 Å². The molecule has 2 N–H and O–H groups in total. The van der Waals surface area contributed by atoms with Crippen molar-refractivity contribution in [1.82, 2.24) is 10.0 Å². The molecule has 1 rings (SSSR count). The van der Waals surface area contributed by atoms with Crippen LogP contribution in [0.3, 0.4) is 0 Å². The van der Waals surface area contributed by atoms with Gasteiger partial charge in [-0.2, -0.15) is 0 Å². The zero-order valence-corrected chi connectivity index (χ0v) is 13.6. The molecule has 5 heteroatoms. The lowest BCUT2D eigenvalue weighted by molar-refractivity contribution is 0.559. The van der Waals surface area contributed by atoms with Gasteiger partial charge in [-0.3, -0.25) is 0 Å². The Morgan fingerprint density at radius 1 is 1.05 bits per heavy atom. The molecule has 20 heavy (non-hydrogen) atoms. The van der Waals surface area contributed by atoms with Crippen molar-refractivity contribution >= 4 is 10.0 Å². The zero-order chi connectivity index (χ0) is 15.2. The molecular formula is C15H26N2O2S. The minimum atomic E-state index is -3.40. The second kappa shape index (κ2) is 7.76. The smallest absolute Gasteiger partial charge is 0.240 e.